The lowest BCUT2D eigenvalue weighted by Gasteiger charge is -2.13. The van der Waals surface area contributed by atoms with Crippen molar-refractivity contribution in [1.82, 2.24) is 29.1 Å². The lowest BCUT2D eigenvalue weighted by atomic mass is 10.0. The van der Waals surface area contributed by atoms with E-state index in [2.05, 4.69) is 166 Å². The third-order valence-corrected chi connectivity index (χ3v) is 12.0. The van der Waals surface area contributed by atoms with E-state index in [4.69, 9.17) is 15.0 Å². The lowest BCUT2D eigenvalue weighted by Crippen LogP contribution is -2.03. The second-order valence-electron chi connectivity index (χ2n) is 13.9. The molecule has 0 aliphatic rings. The summed E-state index contributed by atoms with van der Waals surface area (Å²) in [6.07, 6.45) is 3.61. The van der Waals surface area contributed by atoms with Crippen molar-refractivity contribution >= 4 is 86.2 Å². The molecule has 0 atom stereocenters. The van der Waals surface area contributed by atoms with Gasteiger partial charge in [-0.3, -0.25) is 4.57 Å². The Morgan fingerprint density at radius 3 is 1.84 bits per heavy atom. The van der Waals surface area contributed by atoms with Gasteiger partial charge < -0.3 is 4.57 Å². The van der Waals surface area contributed by atoms with Gasteiger partial charge >= 0.3 is 0 Å². The van der Waals surface area contributed by atoms with Crippen LogP contribution in [-0.4, -0.2) is 29.1 Å². The zero-order chi connectivity index (χ0) is 36.0. The predicted molar refractivity (Wildman–Crippen MR) is 228 cm³/mol. The van der Waals surface area contributed by atoms with Crippen molar-refractivity contribution in [3.05, 3.63) is 170 Å². The van der Waals surface area contributed by atoms with E-state index in [0.29, 0.717) is 5.95 Å². The molecule has 6 nitrogen and oxygen atoms in total. The van der Waals surface area contributed by atoms with Gasteiger partial charge in [0, 0.05) is 49.8 Å². The number of thiophene rings is 1. The maximum absolute atomic E-state index is 5.50. The molecule has 0 amide bonds. The van der Waals surface area contributed by atoms with Gasteiger partial charge in [0.1, 0.15) is 6.33 Å². The summed E-state index contributed by atoms with van der Waals surface area (Å²) in [5, 5.41) is 6.81. The summed E-state index contributed by atoms with van der Waals surface area (Å²) in [4.78, 5) is 20.3. The number of benzene rings is 7. The standard InChI is InChI=1S/C48H28N6S/c1-3-13-29(14-4-1)30-23-25-31(26-24-30)43-33-17-7-10-20-36(33)51-48(52-43)54-38-22-12-9-19-35(38)41-40-34-18-8-11-21-37(34)53(32-15-5-2-6-16-32)45(40)42-44-39(27-49-28-50-44)55-47(42)46(41)54/h1-28H. The molecule has 7 aromatic carbocycles. The maximum Gasteiger partial charge on any atom is 0.235 e. The van der Waals surface area contributed by atoms with Crippen LogP contribution in [0.2, 0.25) is 0 Å². The molecule has 0 spiro atoms. The molecule has 12 rings (SSSR count). The number of hydrogen-bond acceptors (Lipinski definition) is 5. The monoisotopic (exact) mass is 720 g/mol. The minimum Gasteiger partial charge on any atom is -0.308 e. The number of rotatable bonds is 4. The van der Waals surface area contributed by atoms with Gasteiger partial charge in [-0.05, 0) is 41.5 Å². The summed E-state index contributed by atoms with van der Waals surface area (Å²) in [5.41, 5.74) is 11.6. The minimum atomic E-state index is 0.628. The first-order valence-electron chi connectivity index (χ1n) is 18.3. The average molecular weight is 721 g/mol. The zero-order valence-corrected chi connectivity index (χ0v) is 30.1. The average Bonchev–Trinajstić information content (AvgIpc) is 3.92. The van der Waals surface area contributed by atoms with Crippen molar-refractivity contribution in [2.45, 2.75) is 0 Å². The highest BCUT2D eigenvalue weighted by Crippen LogP contribution is 2.50. The van der Waals surface area contributed by atoms with Crippen LogP contribution >= 0.6 is 11.3 Å². The second kappa shape index (κ2) is 11.6. The van der Waals surface area contributed by atoms with E-state index in [1.165, 1.54) is 27.3 Å². The van der Waals surface area contributed by atoms with Gasteiger partial charge in [0.25, 0.3) is 0 Å². The van der Waals surface area contributed by atoms with E-state index in [0.717, 1.165) is 75.6 Å². The van der Waals surface area contributed by atoms with E-state index in [9.17, 15) is 0 Å². The van der Waals surface area contributed by atoms with Gasteiger partial charge in [0.05, 0.1) is 48.2 Å². The van der Waals surface area contributed by atoms with E-state index < -0.39 is 0 Å². The summed E-state index contributed by atoms with van der Waals surface area (Å²) in [7, 11) is 0. The third-order valence-electron chi connectivity index (χ3n) is 10.9. The van der Waals surface area contributed by atoms with Gasteiger partial charge in [-0.25, -0.2) is 19.9 Å². The van der Waals surface area contributed by atoms with Crippen molar-refractivity contribution in [2.75, 3.05) is 0 Å². The summed E-state index contributed by atoms with van der Waals surface area (Å²) >= 11 is 1.73. The fraction of sp³-hybridized carbons (Fsp3) is 0. The first-order chi connectivity index (χ1) is 27.3. The Balaban J connectivity index is 1.25. The topological polar surface area (TPSA) is 61.4 Å². The molecule has 0 fully saturated rings. The number of aromatic nitrogens is 6. The molecule has 0 aliphatic heterocycles. The van der Waals surface area contributed by atoms with Crippen molar-refractivity contribution < 1.29 is 0 Å². The van der Waals surface area contributed by atoms with Gasteiger partial charge in [-0.1, -0.05) is 127 Å². The number of fused-ring (bicyclic) bond motifs is 13. The van der Waals surface area contributed by atoms with Crippen LogP contribution in [0.3, 0.4) is 0 Å². The van der Waals surface area contributed by atoms with Crippen LogP contribution in [0.1, 0.15) is 0 Å². The number of hydrogen-bond donors (Lipinski definition) is 0. The molecule has 5 aromatic heterocycles. The van der Waals surface area contributed by atoms with Gasteiger partial charge in [-0.2, -0.15) is 0 Å². The Morgan fingerprint density at radius 2 is 1.07 bits per heavy atom. The SMILES string of the molecule is c1ccc(-c2ccc(-c3nc(-n4c5ccccc5c5c6c7ccccc7n(-c7ccccc7)c6c6c7ncncc7sc6c54)nc4ccccc34)cc2)cc1. The summed E-state index contributed by atoms with van der Waals surface area (Å²) in [5.74, 6) is 0.628. The van der Waals surface area contributed by atoms with Crippen LogP contribution in [0.4, 0.5) is 0 Å². The molecule has 0 bridgehead atoms. The first kappa shape index (κ1) is 30.3. The van der Waals surface area contributed by atoms with E-state index in [1.807, 2.05) is 12.3 Å². The highest BCUT2D eigenvalue weighted by molar-refractivity contribution is 7.26. The van der Waals surface area contributed by atoms with E-state index in [1.54, 1.807) is 17.7 Å². The molecule has 55 heavy (non-hydrogen) atoms. The predicted octanol–water partition coefficient (Wildman–Crippen LogP) is 12.3. The van der Waals surface area contributed by atoms with Crippen LogP contribution < -0.4 is 0 Å². The third kappa shape index (κ3) is 4.35. The molecular weight excluding hydrogens is 693 g/mol. The molecule has 0 saturated heterocycles. The number of para-hydroxylation sites is 4. The zero-order valence-electron chi connectivity index (χ0n) is 29.3. The summed E-state index contributed by atoms with van der Waals surface area (Å²) < 4.78 is 6.86. The number of nitrogens with zero attached hydrogens (tertiary/aromatic N) is 6. The van der Waals surface area contributed by atoms with Crippen LogP contribution in [-0.2, 0) is 0 Å². The molecule has 5 heterocycles. The van der Waals surface area contributed by atoms with E-state index in [-0.39, 0.29) is 0 Å². The molecule has 0 unspecified atom stereocenters. The Morgan fingerprint density at radius 1 is 0.473 bits per heavy atom. The Hall–Kier alpha value is -7.22. The smallest absolute Gasteiger partial charge is 0.235 e. The van der Waals surface area contributed by atoms with Gasteiger partial charge in [0.15, 0.2) is 0 Å². The summed E-state index contributed by atoms with van der Waals surface area (Å²) in [6.45, 7) is 0. The van der Waals surface area contributed by atoms with Crippen LogP contribution in [0.25, 0.3) is 109 Å². The Labute approximate surface area is 318 Å². The maximum atomic E-state index is 5.50. The normalized spacial score (nSPS) is 12.0. The molecule has 0 radical (unpaired) electrons. The van der Waals surface area contributed by atoms with Crippen molar-refractivity contribution in [3.8, 4) is 34.0 Å². The van der Waals surface area contributed by atoms with Gasteiger partial charge in [-0.15, -0.1) is 11.3 Å². The second-order valence-corrected chi connectivity index (χ2v) is 14.9. The van der Waals surface area contributed by atoms with Gasteiger partial charge in [0.2, 0.25) is 5.95 Å². The minimum absolute atomic E-state index is 0.628. The van der Waals surface area contributed by atoms with Crippen LogP contribution in [0.15, 0.2) is 170 Å². The Kier molecular flexibility index (Phi) is 6.40. The molecule has 12 aromatic rings. The van der Waals surface area contributed by atoms with Crippen LogP contribution in [0.5, 0.6) is 0 Å². The lowest BCUT2D eigenvalue weighted by molar-refractivity contribution is 1.02. The molecule has 256 valence electrons. The van der Waals surface area contributed by atoms with Crippen LogP contribution in [0, 0.1) is 0 Å². The first-order valence-corrected chi connectivity index (χ1v) is 19.1. The fourth-order valence-electron chi connectivity index (χ4n) is 8.56. The highest BCUT2D eigenvalue weighted by Gasteiger charge is 2.28. The fourth-order valence-corrected chi connectivity index (χ4v) is 9.73. The van der Waals surface area contributed by atoms with Crippen molar-refractivity contribution in [1.29, 1.82) is 0 Å². The largest absolute Gasteiger partial charge is 0.308 e. The molecule has 0 N–H and O–H groups in total. The van der Waals surface area contributed by atoms with Crippen molar-refractivity contribution in [3.63, 3.8) is 0 Å². The molecular formula is C48H28N6S. The Bertz CT molecular complexity index is 3470. The highest BCUT2D eigenvalue weighted by atomic mass is 32.1. The molecule has 0 saturated carbocycles. The summed E-state index contributed by atoms with van der Waals surface area (Å²) in [6, 6.07) is 55.6. The quantitative estimate of drug-likeness (QED) is 0.182. The van der Waals surface area contributed by atoms with E-state index >= 15 is 0 Å². The molecule has 0 aliphatic carbocycles. The van der Waals surface area contributed by atoms with Crippen molar-refractivity contribution in [2.24, 2.45) is 0 Å². The molecule has 7 heteroatoms.